The highest BCUT2D eigenvalue weighted by molar-refractivity contribution is 5.73. The fourth-order valence-corrected chi connectivity index (χ4v) is 8.49. The van der Waals surface area contributed by atoms with Crippen molar-refractivity contribution in [2.45, 2.75) is 74.0 Å². The SMILES string of the molecule is [2H]C(C)(C)c1cccc(-c2cc[n+](C)c(-c3ccccc3C)c2)c1.[2H]C([2H])(C)c1cccc(-c2cc[n+](C)c(-c3ccccc3C)c2)c1.[2H]C([2H])([2H])C([2H])(C)C([2H])([2H])c1cccc(-c2cc[n+](C)c(-c3ccccc3C)c2)c1. The summed E-state index contributed by atoms with van der Waals surface area (Å²) in [6.45, 7) is 10.1. The monoisotopic (exact) mass is 916 g/mol. The highest BCUT2D eigenvalue weighted by Gasteiger charge is 2.17. The van der Waals surface area contributed by atoms with Crippen LogP contribution in [0, 0.1) is 26.7 Å². The molecule has 3 nitrogen and oxygen atoms in total. The number of rotatable bonds is 10. The minimum atomic E-state index is -2.76. The summed E-state index contributed by atoms with van der Waals surface area (Å²) in [5, 5.41) is 0. The van der Waals surface area contributed by atoms with Crippen LogP contribution in [0.3, 0.4) is 0 Å². The molecule has 0 aliphatic heterocycles. The maximum absolute atomic E-state index is 8.44. The molecule has 9 aromatic rings. The number of hydrogen-bond donors (Lipinski definition) is 0. The third-order valence-corrected chi connectivity index (χ3v) is 12.5. The molecule has 0 aliphatic carbocycles. The van der Waals surface area contributed by atoms with Crippen molar-refractivity contribution in [2.75, 3.05) is 0 Å². The number of nitrogens with zero attached hydrogens (tertiary/aromatic N) is 3. The first-order valence-electron chi connectivity index (χ1n) is 28.1. The summed E-state index contributed by atoms with van der Waals surface area (Å²) >= 11 is 0. The van der Waals surface area contributed by atoms with Crippen LogP contribution in [-0.2, 0) is 33.9 Å². The fourth-order valence-electron chi connectivity index (χ4n) is 8.49. The van der Waals surface area contributed by atoms with E-state index in [4.69, 9.17) is 12.3 Å². The molecule has 0 bridgehead atoms. The smallest absolute Gasteiger partial charge is 0.201 e. The molecule has 0 N–H and O–H groups in total. The lowest BCUT2D eigenvalue weighted by Crippen LogP contribution is -2.30. The summed E-state index contributed by atoms with van der Waals surface area (Å²) in [5.41, 5.74) is 18.6. The number of benzene rings is 6. The Hall–Kier alpha value is -7.23. The molecule has 69 heavy (non-hydrogen) atoms. The first-order valence-corrected chi connectivity index (χ1v) is 23.6. The Morgan fingerprint density at radius 2 is 0.797 bits per heavy atom. The molecule has 3 heteroatoms. The minimum absolute atomic E-state index is 0.180. The molecule has 6 aromatic carbocycles. The second kappa shape index (κ2) is 23.2. The largest absolute Gasteiger partial charge is 0.213 e. The number of hydrogen-bond acceptors (Lipinski definition) is 0. The van der Waals surface area contributed by atoms with Gasteiger partial charge in [-0.25, -0.2) is 13.7 Å². The lowest BCUT2D eigenvalue weighted by atomic mass is 9.96. The maximum Gasteiger partial charge on any atom is 0.213 e. The van der Waals surface area contributed by atoms with Crippen molar-refractivity contribution in [3.05, 3.63) is 234 Å². The summed E-state index contributed by atoms with van der Waals surface area (Å²) in [6, 6.07) is 60.4. The fraction of sp³-hybridized carbons (Fsp3) is 0.227. The summed E-state index contributed by atoms with van der Waals surface area (Å²) in [4.78, 5) is 0. The topological polar surface area (TPSA) is 11.6 Å². The van der Waals surface area contributed by atoms with E-state index in [2.05, 4.69) is 146 Å². The highest BCUT2D eigenvalue weighted by Crippen LogP contribution is 2.30. The van der Waals surface area contributed by atoms with Crippen molar-refractivity contribution in [1.29, 1.82) is 0 Å². The molecule has 0 amide bonds. The Labute approximate surface area is 426 Å². The third kappa shape index (κ3) is 12.7. The Bertz CT molecular complexity index is 3420. The van der Waals surface area contributed by atoms with E-state index >= 15 is 0 Å². The average Bonchev–Trinajstić information content (AvgIpc) is 3.46. The third-order valence-electron chi connectivity index (χ3n) is 12.5. The van der Waals surface area contributed by atoms with E-state index in [-0.39, 0.29) is 5.56 Å². The van der Waals surface area contributed by atoms with Crippen molar-refractivity contribution in [3.8, 4) is 67.2 Å². The van der Waals surface area contributed by atoms with E-state index in [1.807, 2.05) is 105 Å². The van der Waals surface area contributed by atoms with E-state index in [9.17, 15) is 0 Å². The van der Waals surface area contributed by atoms with Crippen LogP contribution >= 0.6 is 0 Å². The molecule has 348 valence electrons. The quantitative estimate of drug-likeness (QED) is 0.121. The lowest BCUT2D eigenvalue weighted by molar-refractivity contribution is -0.660. The predicted molar refractivity (Wildman–Crippen MR) is 292 cm³/mol. The van der Waals surface area contributed by atoms with E-state index in [1.54, 1.807) is 25.1 Å². The van der Waals surface area contributed by atoms with Crippen LogP contribution in [-0.4, -0.2) is 0 Å². The van der Waals surface area contributed by atoms with E-state index in [1.165, 1.54) is 33.5 Å². The van der Waals surface area contributed by atoms with Crippen molar-refractivity contribution < 1.29 is 26.0 Å². The van der Waals surface area contributed by atoms with E-state index < -0.39 is 31.4 Å². The van der Waals surface area contributed by atoms with E-state index in [0.717, 1.165) is 62.8 Å². The van der Waals surface area contributed by atoms with Crippen molar-refractivity contribution >= 4 is 0 Å². The second-order valence-corrected chi connectivity index (χ2v) is 17.9. The second-order valence-electron chi connectivity index (χ2n) is 17.9. The Kier molecular flexibility index (Phi) is 13.0. The van der Waals surface area contributed by atoms with Crippen LogP contribution in [0.25, 0.3) is 67.2 Å². The van der Waals surface area contributed by atoms with Gasteiger partial charge in [-0.1, -0.05) is 162 Å². The number of aryl methyl sites for hydroxylation is 7. The van der Waals surface area contributed by atoms with Crippen LogP contribution in [0.15, 0.2) is 201 Å². The van der Waals surface area contributed by atoms with Crippen LogP contribution < -0.4 is 13.7 Å². The van der Waals surface area contributed by atoms with Gasteiger partial charge in [0.1, 0.15) is 21.1 Å². The molecule has 0 radical (unpaired) electrons. The van der Waals surface area contributed by atoms with Gasteiger partial charge >= 0.3 is 0 Å². The van der Waals surface area contributed by atoms with Gasteiger partial charge in [0.05, 0.1) is 0 Å². The van der Waals surface area contributed by atoms with Gasteiger partial charge in [-0.15, -0.1) is 0 Å². The first-order chi connectivity index (χ1) is 36.6. The van der Waals surface area contributed by atoms with Crippen LogP contribution in [0.4, 0.5) is 0 Å². The molecule has 0 fully saturated rings. The summed E-state index contributed by atoms with van der Waals surface area (Å²) in [7, 11) is 6.10. The summed E-state index contributed by atoms with van der Waals surface area (Å²) < 4.78 is 78.5. The minimum Gasteiger partial charge on any atom is -0.201 e. The van der Waals surface area contributed by atoms with Crippen molar-refractivity contribution in [2.24, 2.45) is 27.0 Å². The standard InChI is InChI=1S/C23H26N.C22H24N.C21H22N/c1-17(2)14-19-9-7-10-20(15-19)21-12-13-24(4)23(16-21)22-11-6-5-8-18(22)3;1-16(2)18-9-7-10-19(14-18)20-12-13-23(4)22(15-20)21-11-6-5-8-17(21)3;1-4-17-9-7-10-18(14-17)19-12-13-22(3)21(15-19)20-11-6-5-8-16(20)2/h5-13,15-17H,14H2,1-4H3;5-16H,1-4H3;5-15H,4H2,1-3H3/q3*+1/i1D3,14D2,17D;16D;4D2. The van der Waals surface area contributed by atoms with Crippen LogP contribution in [0.5, 0.6) is 0 Å². The normalized spacial score (nSPS) is 14.4. The van der Waals surface area contributed by atoms with Gasteiger partial charge in [-0.3, -0.25) is 0 Å². The van der Waals surface area contributed by atoms with Crippen LogP contribution in [0.2, 0.25) is 0 Å². The molecule has 3 aromatic heterocycles. The molecule has 1 atom stereocenters. The summed E-state index contributed by atoms with van der Waals surface area (Å²) in [5.74, 6) is -2.87. The molecular weight excluding hydrogens is 835 g/mol. The first kappa shape index (κ1) is 38.7. The Morgan fingerprint density at radius 1 is 0.435 bits per heavy atom. The average molecular weight is 916 g/mol. The number of aromatic nitrogens is 3. The number of pyridine rings is 3. The summed E-state index contributed by atoms with van der Waals surface area (Å²) in [6.07, 6.45) is 2.43. The van der Waals surface area contributed by atoms with Gasteiger partial charge in [0.2, 0.25) is 17.1 Å². The molecular formula is C66H72N3+3. The molecule has 9 rings (SSSR count). The highest BCUT2D eigenvalue weighted by atomic mass is 14.9. The van der Waals surface area contributed by atoms with Crippen molar-refractivity contribution in [3.63, 3.8) is 0 Å². The lowest BCUT2D eigenvalue weighted by Gasteiger charge is -2.10. The Balaban J connectivity index is 0.000000171. The van der Waals surface area contributed by atoms with Gasteiger partial charge in [0.15, 0.2) is 18.6 Å². The Morgan fingerprint density at radius 3 is 1.19 bits per heavy atom. The maximum atomic E-state index is 8.44. The van der Waals surface area contributed by atoms with Crippen LogP contribution in [0.1, 0.15) is 86.2 Å². The zero-order valence-electron chi connectivity index (χ0n) is 50.9. The van der Waals surface area contributed by atoms with E-state index in [0.29, 0.717) is 5.56 Å². The zero-order chi connectivity index (χ0) is 57.0. The van der Waals surface area contributed by atoms with Gasteiger partial charge in [0, 0.05) is 65.4 Å². The van der Waals surface area contributed by atoms with Gasteiger partial charge in [-0.05, 0) is 130 Å². The van der Waals surface area contributed by atoms with Gasteiger partial charge < -0.3 is 0 Å². The molecule has 0 saturated heterocycles. The van der Waals surface area contributed by atoms with Gasteiger partial charge in [-0.2, -0.15) is 0 Å². The predicted octanol–water partition coefficient (Wildman–Crippen LogP) is 15.3. The van der Waals surface area contributed by atoms with Crippen molar-refractivity contribution in [1.82, 2.24) is 0 Å². The molecule has 0 aliphatic rings. The molecule has 0 spiro atoms. The molecule has 3 heterocycles. The van der Waals surface area contributed by atoms with Gasteiger partial charge in [0.25, 0.3) is 0 Å². The zero-order valence-corrected chi connectivity index (χ0v) is 41.9. The molecule has 1 unspecified atom stereocenters. The molecule has 0 saturated carbocycles.